The van der Waals surface area contributed by atoms with E-state index in [4.69, 9.17) is 11.6 Å². The Labute approximate surface area is 161 Å². The first-order valence-electron chi connectivity index (χ1n) is 8.47. The number of urea groups is 1. The van der Waals surface area contributed by atoms with E-state index in [0.717, 1.165) is 22.5 Å². The van der Waals surface area contributed by atoms with Gasteiger partial charge in [0.2, 0.25) is 0 Å². The van der Waals surface area contributed by atoms with Gasteiger partial charge in [-0.3, -0.25) is 0 Å². The highest BCUT2D eigenvalue weighted by molar-refractivity contribution is 6.31. The average Bonchev–Trinajstić information content (AvgIpc) is 3.09. The summed E-state index contributed by atoms with van der Waals surface area (Å²) in [5, 5.41) is 6.24. The maximum absolute atomic E-state index is 12.3. The highest BCUT2D eigenvalue weighted by Crippen LogP contribution is 2.23. The van der Waals surface area contributed by atoms with Crippen LogP contribution in [0, 0.1) is 6.92 Å². The van der Waals surface area contributed by atoms with Crippen LogP contribution in [0.2, 0.25) is 5.02 Å². The largest absolute Gasteiger partial charge is 0.323 e. The number of hydrogen-bond acceptors (Lipinski definition) is 2. The van der Waals surface area contributed by atoms with Crippen molar-refractivity contribution < 1.29 is 4.79 Å². The van der Waals surface area contributed by atoms with E-state index in [2.05, 4.69) is 15.6 Å². The van der Waals surface area contributed by atoms with Crippen molar-refractivity contribution in [1.29, 1.82) is 0 Å². The van der Waals surface area contributed by atoms with Crippen molar-refractivity contribution in [3.8, 4) is 11.3 Å². The molecule has 2 aromatic carbocycles. The predicted octanol–water partition coefficient (Wildman–Crippen LogP) is 5.61. The number of amides is 2. The van der Waals surface area contributed by atoms with E-state index < -0.39 is 0 Å². The minimum Gasteiger partial charge on any atom is -0.308 e. The maximum Gasteiger partial charge on any atom is 0.323 e. The number of aromatic nitrogens is 2. The molecular formula is C21H17ClN4O. The molecule has 4 aromatic rings. The van der Waals surface area contributed by atoms with Crippen LogP contribution in [0.15, 0.2) is 73.1 Å². The molecule has 0 fully saturated rings. The Morgan fingerprint density at radius 3 is 2.59 bits per heavy atom. The van der Waals surface area contributed by atoms with Crippen LogP contribution in [0.3, 0.4) is 0 Å². The van der Waals surface area contributed by atoms with Crippen molar-refractivity contribution in [3.63, 3.8) is 0 Å². The maximum atomic E-state index is 12.3. The molecule has 27 heavy (non-hydrogen) atoms. The zero-order chi connectivity index (χ0) is 18.8. The molecule has 2 heterocycles. The Kier molecular flexibility index (Phi) is 4.52. The molecule has 6 heteroatoms. The number of nitrogens with zero attached hydrogens (tertiary/aromatic N) is 2. The summed E-state index contributed by atoms with van der Waals surface area (Å²) in [7, 11) is 0. The SMILES string of the molecule is Cc1ccc(NC(=O)Nc2cccc(-c3cn4ccccc4n3)c2)cc1Cl. The fourth-order valence-corrected chi connectivity index (χ4v) is 2.97. The molecule has 0 aliphatic rings. The van der Waals surface area contributed by atoms with Crippen molar-refractivity contribution in [2.24, 2.45) is 0 Å². The van der Waals surface area contributed by atoms with Crippen molar-refractivity contribution >= 4 is 34.7 Å². The third-order valence-electron chi connectivity index (χ3n) is 4.21. The average molecular weight is 377 g/mol. The number of halogens is 1. The number of hydrogen-bond donors (Lipinski definition) is 2. The number of nitrogens with one attached hydrogen (secondary N) is 2. The molecule has 4 rings (SSSR count). The molecular weight excluding hydrogens is 360 g/mol. The van der Waals surface area contributed by atoms with Gasteiger partial charge in [-0.05, 0) is 48.9 Å². The van der Waals surface area contributed by atoms with Gasteiger partial charge in [-0.2, -0.15) is 0 Å². The number of pyridine rings is 1. The van der Waals surface area contributed by atoms with Gasteiger partial charge >= 0.3 is 6.03 Å². The molecule has 2 amide bonds. The highest BCUT2D eigenvalue weighted by Gasteiger charge is 2.08. The van der Waals surface area contributed by atoms with Gasteiger partial charge < -0.3 is 15.0 Å². The molecule has 0 saturated heterocycles. The van der Waals surface area contributed by atoms with Crippen molar-refractivity contribution in [2.45, 2.75) is 6.92 Å². The van der Waals surface area contributed by atoms with E-state index >= 15 is 0 Å². The minimum atomic E-state index is -0.331. The lowest BCUT2D eigenvalue weighted by Gasteiger charge is -2.09. The van der Waals surface area contributed by atoms with Crippen molar-refractivity contribution in [3.05, 3.63) is 83.6 Å². The Bertz CT molecular complexity index is 1100. The second-order valence-corrected chi connectivity index (χ2v) is 6.62. The monoisotopic (exact) mass is 376 g/mol. The van der Waals surface area contributed by atoms with E-state index in [1.165, 1.54) is 0 Å². The highest BCUT2D eigenvalue weighted by atomic mass is 35.5. The number of anilines is 2. The van der Waals surface area contributed by atoms with E-state index in [1.807, 2.05) is 78.3 Å². The van der Waals surface area contributed by atoms with E-state index in [9.17, 15) is 4.79 Å². The molecule has 5 nitrogen and oxygen atoms in total. The van der Waals surface area contributed by atoms with Crippen LogP contribution in [-0.4, -0.2) is 15.4 Å². The van der Waals surface area contributed by atoms with Crippen LogP contribution < -0.4 is 10.6 Å². The summed E-state index contributed by atoms with van der Waals surface area (Å²) >= 11 is 6.10. The van der Waals surface area contributed by atoms with Gasteiger partial charge in [-0.15, -0.1) is 0 Å². The topological polar surface area (TPSA) is 58.4 Å². The van der Waals surface area contributed by atoms with Gasteiger partial charge in [-0.25, -0.2) is 9.78 Å². The second-order valence-electron chi connectivity index (χ2n) is 6.22. The lowest BCUT2D eigenvalue weighted by Crippen LogP contribution is -2.19. The quantitative estimate of drug-likeness (QED) is 0.488. The van der Waals surface area contributed by atoms with Crippen LogP contribution in [0.25, 0.3) is 16.9 Å². The number of carbonyl (C=O) groups excluding carboxylic acids is 1. The Balaban J connectivity index is 1.51. The number of benzene rings is 2. The summed E-state index contributed by atoms with van der Waals surface area (Å²) in [4.78, 5) is 16.9. The van der Waals surface area contributed by atoms with Crippen LogP contribution in [0.4, 0.5) is 16.2 Å². The third-order valence-corrected chi connectivity index (χ3v) is 4.62. The third kappa shape index (κ3) is 3.78. The zero-order valence-electron chi connectivity index (χ0n) is 14.6. The first-order chi connectivity index (χ1) is 13.1. The molecule has 2 aromatic heterocycles. The number of carbonyl (C=O) groups is 1. The molecule has 0 spiro atoms. The molecule has 0 saturated carbocycles. The normalized spacial score (nSPS) is 10.7. The van der Waals surface area contributed by atoms with Gasteiger partial charge in [0.1, 0.15) is 5.65 Å². The fraction of sp³-hybridized carbons (Fsp3) is 0.0476. The molecule has 0 aliphatic carbocycles. The lowest BCUT2D eigenvalue weighted by atomic mass is 10.1. The van der Waals surface area contributed by atoms with Gasteiger partial charge in [-0.1, -0.05) is 35.9 Å². The van der Waals surface area contributed by atoms with Crippen molar-refractivity contribution in [2.75, 3.05) is 10.6 Å². The smallest absolute Gasteiger partial charge is 0.308 e. The van der Waals surface area contributed by atoms with Crippen molar-refractivity contribution in [1.82, 2.24) is 9.38 Å². The van der Waals surface area contributed by atoms with Crippen LogP contribution in [-0.2, 0) is 0 Å². The van der Waals surface area contributed by atoms with Crippen LogP contribution in [0.5, 0.6) is 0 Å². The summed E-state index contributed by atoms with van der Waals surface area (Å²) < 4.78 is 1.96. The van der Waals surface area contributed by atoms with E-state index in [0.29, 0.717) is 16.4 Å². The van der Waals surface area contributed by atoms with Crippen LogP contribution >= 0.6 is 11.6 Å². The predicted molar refractivity (Wildman–Crippen MR) is 109 cm³/mol. The summed E-state index contributed by atoms with van der Waals surface area (Å²) in [6.45, 7) is 1.91. The summed E-state index contributed by atoms with van der Waals surface area (Å²) in [5.41, 5.74) is 4.92. The Morgan fingerprint density at radius 1 is 1.00 bits per heavy atom. The van der Waals surface area contributed by atoms with E-state index in [1.54, 1.807) is 6.07 Å². The molecule has 0 atom stereocenters. The van der Waals surface area contributed by atoms with E-state index in [-0.39, 0.29) is 6.03 Å². The van der Waals surface area contributed by atoms with Gasteiger partial charge in [0, 0.05) is 34.4 Å². The zero-order valence-corrected chi connectivity index (χ0v) is 15.4. The molecule has 134 valence electrons. The Morgan fingerprint density at radius 2 is 1.81 bits per heavy atom. The summed E-state index contributed by atoms with van der Waals surface area (Å²) in [5.74, 6) is 0. The molecule has 0 radical (unpaired) electrons. The van der Waals surface area contributed by atoms with Gasteiger partial charge in [0.25, 0.3) is 0 Å². The molecule has 0 bridgehead atoms. The number of fused-ring (bicyclic) bond motifs is 1. The summed E-state index contributed by atoms with van der Waals surface area (Å²) in [6, 6.07) is 18.5. The molecule has 0 aliphatic heterocycles. The minimum absolute atomic E-state index is 0.331. The number of rotatable bonds is 3. The molecule has 2 N–H and O–H groups in total. The Hall–Kier alpha value is -3.31. The number of imidazole rings is 1. The molecule has 0 unspecified atom stereocenters. The number of aryl methyl sites for hydroxylation is 1. The standard InChI is InChI=1S/C21H17ClN4O/c1-14-8-9-17(12-18(14)22)24-21(27)23-16-6-4-5-15(11-16)19-13-26-10-3-2-7-20(26)25-19/h2-13H,1H3,(H2,23,24,27). The first-order valence-corrected chi connectivity index (χ1v) is 8.85. The second kappa shape index (κ2) is 7.13. The summed E-state index contributed by atoms with van der Waals surface area (Å²) in [6.07, 6.45) is 3.91. The fourth-order valence-electron chi connectivity index (χ4n) is 2.79. The lowest BCUT2D eigenvalue weighted by molar-refractivity contribution is 0.262. The van der Waals surface area contributed by atoms with Crippen LogP contribution in [0.1, 0.15) is 5.56 Å². The first kappa shape index (κ1) is 17.1. The van der Waals surface area contributed by atoms with Gasteiger partial charge in [0.05, 0.1) is 5.69 Å². The van der Waals surface area contributed by atoms with Gasteiger partial charge in [0.15, 0.2) is 0 Å².